The Labute approximate surface area is 107 Å². The van der Waals surface area contributed by atoms with Crippen LogP contribution in [0.3, 0.4) is 0 Å². The molecule has 1 heterocycles. The Hall–Kier alpha value is -1.88. The number of aryl methyl sites for hydroxylation is 1. The molecule has 1 aromatic carbocycles. The van der Waals surface area contributed by atoms with Gasteiger partial charge in [-0.3, -0.25) is 0 Å². The standard InChI is InChI=1S/C13H18N4O/c1-4-11(14)12-8-17(16-15-12)13-7-10(18-3)6-5-9(13)2/h5-8,11H,4,14H2,1-3H3. The van der Waals surface area contributed by atoms with Crippen LogP contribution in [0.25, 0.3) is 5.69 Å². The molecule has 5 heteroatoms. The molecule has 0 aliphatic rings. The maximum Gasteiger partial charge on any atom is 0.121 e. The average molecular weight is 246 g/mol. The van der Waals surface area contributed by atoms with Crippen LogP contribution in [0.5, 0.6) is 5.75 Å². The number of rotatable bonds is 4. The molecule has 0 aliphatic carbocycles. The number of benzene rings is 1. The molecule has 5 nitrogen and oxygen atoms in total. The Kier molecular flexibility index (Phi) is 3.62. The number of nitrogens with two attached hydrogens (primary N) is 1. The lowest BCUT2D eigenvalue weighted by Crippen LogP contribution is -2.08. The predicted octanol–water partition coefficient (Wildman–Crippen LogP) is 1.99. The molecule has 2 N–H and O–H groups in total. The highest BCUT2D eigenvalue weighted by atomic mass is 16.5. The number of hydrogen-bond acceptors (Lipinski definition) is 4. The monoisotopic (exact) mass is 246 g/mol. The van der Waals surface area contributed by atoms with E-state index in [-0.39, 0.29) is 6.04 Å². The molecule has 0 saturated carbocycles. The maximum absolute atomic E-state index is 5.94. The Balaban J connectivity index is 2.39. The number of ether oxygens (including phenoxy) is 1. The van der Waals surface area contributed by atoms with E-state index in [1.165, 1.54) is 0 Å². The Morgan fingerprint density at radius 1 is 1.44 bits per heavy atom. The van der Waals surface area contributed by atoms with E-state index < -0.39 is 0 Å². The van der Waals surface area contributed by atoms with Crippen molar-refractivity contribution in [2.45, 2.75) is 26.3 Å². The van der Waals surface area contributed by atoms with Crippen LogP contribution in [0.1, 0.15) is 30.6 Å². The minimum absolute atomic E-state index is 0.0651. The molecule has 0 saturated heterocycles. The highest BCUT2D eigenvalue weighted by Gasteiger charge is 2.11. The summed E-state index contributed by atoms with van der Waals surface area (Å²) in [6, 6.07) is 5.79. The SMILES string of the molecule is CCC(N)c1cn(-c2cc(OC)ccc2C)nn1. The highest BCUT2D eigenvalue weighted by Crippen LogP contribution is 2.21. The van der Waals surface area contributed by atoms with E-state index in [1.807, 2.05) is 38.2 Å². The van der Waals surface area contributed by atoms with Crippen LogP contribution in [0, 0.1) is 6.92 Å². The van der Waals surface area contributed by atoms with Gasteiger partial charge in [0.25, 0.3) is 0 Å². The van der Waals surface area contributed by atoms with Crippen LogP contribution < -0.4 is 10.5 Å². The molecule has 2 aromatic rings. The molecule has 1 atom stereocenters. The van der Waals surface area contributed by atoms with Crippen molar-refractivity contribution in [3.8, 4) is 11.4 Å². The van der Waals surface area contributed by atoms with Crippen molar-refractivity contribution < 1.29 is 4.74 Å². The summed E-state index contributed by atoms with van der Waals surface area (Å²) < 4.78 is 6.96. The largest absolute Gasteiger partial charge is 0.497 e. The molecule has 1 aromatic heterocycles. The van der Waals surface area contributed by atoms with Crippen LogP contribution in [0.15, 0.2) is 24.4 Å². The molecule has 0 amide bonds. The van der Waals surface area contributed by atoms with E-state index in [1.54, 1.807) is 11.8 Å². The Bertz CT molecular complexity index is 536. The normalized spacial score (nSPS) is 12.4. The van der Waals surface area contributed by atoms with Crippen molar-refractivity contribution in [1.82, 2.24) is 15.0 Å². The van der Waals surface area contributed by atoms with Crippen LogP contribution in [-0.4, -0.2) is 22.1 Å². The molecule has 0 radical (unpaired) electrons. The molecule has 96 valence electrons. The van der Waals surface area contributed by atoms with E-state index in [9.17, 15) is 0 Å². The van der Waals surface area contributed by atoms with E-state index in [4.69, 9.17) is 10.5 Å². The quantitative estimate of drug-likeness (QED) is 0.896. The molecule has 0 fully saturated rings. The van der Waals surface area contributed by atoms with Gasteiger partial charge < -0.3 is 10.5 Å². The average Bonchev–Trinajstić information content (AvgIpc) is 2.88. The van der Waals surface area contributed by atoms with Gasteiger partial charge in [-0.05, 0) is 25.0 Å². The highest BCUT2D eigenvalue weighted by molar-refractivity contribution is 5.45. The summed E-state index contributed by atoms with van der Waals surface area (Å²) in [6.07, 6.45) is 2.71. The van der Waals surface area contributed by atoms with Crippen molar-refractivity contribution in [2.24, 2.45) is 5.73 Å². The van der Waals surface area contributed by atoms with E-state index >= 15 is 0 Å². The molecule has 0 spiro atoms. The lowest BCUT2D eigenvalue weighted by Gasteiger charge is -2.07. The molecular weight excluding hydrogens is 228 g/mol. The minimum Gasteiger partial charge on any atom is -0.497 e. The second-order valence-electron chi connectivity index (χ2n) is 4.26. The van der Waals surface area contributed by atoms with E-state index in [0.29, 0.717) is 0 Å². The third-order valence-electron chi connectivity index (χ3n) is 2.99. The second-order valence-corrected chi connectivity index (χ2v) is 4.26. The predicted molar refractivity (Wildman–Crippen MR) is 69.9 cm³/mol. The fourth-order valence-electron chi connectivity index (χ4n) is 1.74. The summed E-state index contributed by atoms with van der Waals surface area (Å²) in [5.74, 6) is 0.799. The van der Waals surface area contributed by atoms with E-state index in [2.05, 4.69) is 10.3 Å². The van der Waals surface area contributed by atoms with Crippen LogP contribution in [0.2, 0.25) is 0 Å². The topological polar surface area (TPSA) is 66.0 Å². The zero-order valence-corrected chi connectivity index (χ0v) is 10.9. The van der Waals surface area contributed by atoms with Gasteiger partial charge in [0.2, 0.25) is 0 Å². The maximum atomic E-state index is 5.94. The number of nitrogens with zero attached hydrogens (tertiary/aromatic N) is 3. The summed E-state index contributed by atoms with van der Waals surface area (Å²) in [5, 5.41) is 8.23. The first-order chi connectivity index (χ1) is 8.65. The fraction of sp³-hybridized carbons (Fsp3) is 0.385. The lowest BCUT2D eigenvalue weighted by atomic mass is 10.2. The van der Waals surface area contributed by atoms with Gasteiger partial charge in [-0.15, -0.1) is 5.10 Å². The molecule has 2 rings (SSSR count). The van der Waals surface area contributed by atoms with Crippen molar-refractivity contribution >= 4 is 0 Å². The summed E-state index contributed by atoms with van der Waals surface area (Å²) >= 11 is 0. The molecular formula is C13H18N4O. The van der Waals surface area contributed by atoms with Gasteiger partial charge in [0.15, 0.2) is 0 Å². The van der Waals surface area contributed by atoms with Gasteiger partial charge in [0, 0.05) is 6.07 Å². The molecule has 0 bridgehead atoms. The van der Waals surface area contributed by atoms with Gasteiger partial charge in [0.1, 0.15) is 5.75 Å². The number of methoxy groups -OCH3 is 1. The van der Waals surface area contributed by atoms with Gasteiger partial charge >= 0.3 is 0 Å². The summed E-state index contributed by atoms with van der Waals surface area (Å²) in [4.78, 5) is 0. The summed E-state index contributed by atoms with van der Waals surface area (Å²) in [6.45, 7) is 4.05. The zero-order chi connectivity index (χ0) is 13.1. The second kappa shape index (κ2) is 5.18. The summed E-state index contributed by atoms with van der Waals surface area (Å²) in [7, 11) is 1.65. The first-order valence-electron chi connectivity index (χ1n) is 5.98. The third kappa shape index (κ3) is 2.36. The zero-order valence-electron chi connectivity index (χ0n) is 10.9. The van der Waals surface area contributed by atoms with Gasteiger partial charge in [-0.1, -0.05) is 18.2 Å². The lowest BCUT2D eigenvalue weighted by molar-refractivity contribution is 0.414. The fourth-order valence-corrected chi connectivity index (χ4v) is 1.74. The molecule has 18 heavy (non-hydrogen) atoms. The minimum atomic E-state index is -0.0651. The summed E-state index contributed by atoms with van der Waals surface area (Å²) in [5.41, 5.74) is 8.81. The van der Waals surface area contributed by atoms with Crippen LogP contribution in [0.4, 0.5) is 0 Å². The van der Waals surface area contributed by atoms with E-state index in [0.717, 1.165) is 29.1 Å². The number of hydrogen-bond donors (Lipinski definition) is 1. The van der Waals surface area contributed by atoms with Crippen molar-refractivity contribution in [1.29, 1.82) is 0 Å². The molecule has 1 unspecified atom stereocenters. The smallest absolute Gasteiger partial charge is 0.121 e. The molecule has 0 aliphatic heterocycles. The Morgan fingerprint density at radius 3 is 2.89 bits per heavy atom. The van der Waals surface area contributed by atoms with Gasteiger partial charge in [-0.25, -0.2) is 4.68 Å². The first-order valence-corrected chi connectivity index (χ1v) is 5.98. The van der Waals surface area contributed by atoms with Gasteiger partial charge in [0.05, 0.1) is 30.7 Å². The number of aromatic nitrogens is 3. The third-order valence-corrected chi connectivity index (χ3v) is 2.99. The van der Waals surface area contributed by atoms with Crippen molar-refractivity contribution in [3.63, 3.8) is 0 Å². The Morgan fingerprint density at radius 2 is 2.22 bits per heavy atom. The van der Waals surface area contributed by atoms with Crippen LogP contribution in [-0.2, 0) is 0 Å². The van der Waals surface area contributed by atoms with Gasteiger partial charge in [-0.2, -0.15) is 0 Å². The van der Waals surface area contributed by atoms with Crippen molar-refractivity contribution in [2.75, 3.05) is 7.11 Å². The first kappa shape index (κ1) is 12.6. The van der Waals surface area contributed by atoms with Crippen molar-refractivity contribution in [3.05, 3.63) is 35.7 Å². The van der Waals surface area contributed by atoms with Crippen LogP contribution >= 0.6 is 0 Å².